The van der Waals surface area contributed by atoms with Gasteiger partial charge in [0, 0.05) is 13.1 Å². The number of likely N-dealkylation sites (tertiary alicyclic amines) is 1. The fraction of sp³-hybridized carbons (Fsp3) is 0.857. The van der Waals surface area contributed by atoms with Gasteiger partial charge in [-0.25, -0.2) is 4.79 Å². The summed E-state index contributed by atoms with van der Waals surface area (Å²) in [6.45, 7) is 6.13. The van der Waals surface area contributed by atoms with Crippen LogP contribution in [0.2, 0.25) is 0 Å². The summed E-state index contributed by atoms with van der Waals surface area (Å²) in [5.41, 5.74) is 0. The SMILES string of the molecule is CC(C)C1CN(C(=O)OCC2CC2)CCC1C#N. The molecule has 0 bridgehead atoms. The van der Waals surface area contributed by atoms with Gasteiger partial charge in [-0.05, 0) is 37.0 Å². The highest BCUT2D eigenvalue weighted by Gasteiger charge is 2.34. The van der Waals surface area contributed by atoms with Crippen LogP contribution < -0.4 is 0 Å². The van der Waals surface area contributed by atoms with Crippen molar-refractivity contribution in [1.82, 2.24) is 4.90 Å². The van der Waals surface area contributed by atoms with Crippen molar-refractivity contribution in [1.29, 1.82) is 5.26 Å². The minimum Gasteiger partial charge on any atom is -0.449 e. The van der Waals surface area contributed by atoms with E-state index in [9.17, 15) is 4.79 Å². The van der Waals surface area contributed by atoms with Gasteiger partial charge in [-0.2, -0.15) is 5.26 Å². The van der Waals surface area contributed by atoms with E-state index in [4.69, 9.17) is 10.00 Å². The lowest BCUT2D eigenvalue weighted by Gasteiger charge is -2.37. The van der Waals surface area contributed by atoms with E-state index in [2.05, 4.69) is 19.9 Å². The van der Waals surface area contributed by atoms with E-state index in [0.29, 0.717) is 31.5 Å². The maximum atomic E-state index is 11.9. The quantitative estimate of drug-likeness (QED) is 0.773. The van der Waals surface area contributed by atoms with Crippen LogP contribution in [0, 0.1) is 35.0 Å². The van der Waals surface area contributed by atoms with Crippen LogP contribution in [-0.4, -0.2) is 30.7 Å². The number of nitrogens with zero attached hydrogens (tertiary/aromatic N) is 2. The number of ether oxygens (including phenoxy) is 1. The first-order valence-electron chi connectivity index (χ1n) is 6.93. The molecule has 1 aliphatic carbocycles. The minimum absolute atomic E-state index is 0.0810. The second kappa shape index (κ2) is 5.60. The van der Waals surface area contributed by atoms with Gasteiger partial charge < -0.3 is 9.64 Å². The molecule has 0 radical (unpaired) electrons. The summed E-state index contributed by atoms with van der Waals surface area (Å²) in [6, 6.07) is 2.38. The van der Waals surface area contributed by atoms with E-state index in [-0.39, 0.29) is 17.9 Å². The number of nitriles is 1. The van der Waals surface area contributed by atoms with Crippen LogP contribution in [0.3, 0.4) is 0 Å². The molecule has 0 aromatic heterocycles. The molecule has 1 amide bonds. The van der Waals surface area contributed by atoms with Gasteiger partial charge in [-0.1, -0.05) is 13.8 Å². The largest absolute Gasteiger partial charge is 0.449 e. The Labute approximate surface area is 109 Å². The standard InChI is InChI=1S/C14H22N2O2/c1-10(2)13-8-16(6-5-12(13)7-15)14(17)18-9-11-3-4-11/h10-13H,3-6,8-9H2,1-2H3. The molecule has 1 aliphatic heterocycles. The topological polar surface area (TPSA) is 53.3 Å². The zero-order valence-electron chi connectivity index (χ0n) is 11.3. The van der Waals surface area contributed by atoms with Crippen molar-refractivity contribution < 1.29 is 9.53 Å². The van der Waals surface area contributed by atoms with E-state index < -0.39 is 0 Å². The second-order valence-electron chi connectivity index (χ2n) is 5.90. The zero-order chi connectivity index (χ0) is 13.1. The van der Waals surface area contributed by atoms with Crippen molar-refractivity contribution >= 4 is 6.09 Å². The van der Waals surface area contributed by atoms with E-state index in [0.717, 1.165) is 6.42 Å². The smallest absolute Gasteiger partial charge is 0.409 e. The molecular formula is C14H22N2O2. The van der Waals surface area contributed by atoms with Crippen LogP contribution >= 0.6 is 0 Å². The number of piperidine rings is 1. The molecule has 18 heavy (non-hydrogen) atoms. The Kier molecular flexibility index (Phi) is 4.11. The van der Waals surface area contributed by atoms with Crippen LogP contribution in [0.25, 0.3) is 0 Å². The second-order valence-corrected chi connectivity index (χ2v) is 5.90. The van der Waals surface area contributed by atoms with Crippen molar-refractivity contribution in [2.45, 2.75) is 33.1 Å². The lowest BCUT2D eigenvalue weighted by Crippen LogP contribution is -2.45. The van der Waals surface area contributed by atoms with Crippen molar-refractivity contribution in [3.63, 3.8) is 0 Å². The molecular weight excluding hydrogens is 228 g/mol. The third kappa shape index (κ3) is 3.16. The predicted molar refractivity (Wildman–Crippen MR) is 67.7 cm³/mol. The molecule has 0 N–H and O–H groups in total. The number of hydrogen-bond acceptors (Lipinski definition) is 3. The molecule has 2 fully saturated rings. The van der Waals surface area contributed by atoms with Gasteiger partial charge in [-0.3, -0.25) is 0 Å². The van der Waals surface area contributed by atoms with Crippen molar-refractivity contribution in [3.05, 3.63) is 0 Å². The third-order valence-electron chi connectivity index (χ3n) is 4.08. The summed E-state index contributed by atoms with van der Waals surface area (Å²) in [4.78, 5) is 13.7. The lowest BCUT2D eigenvalue weighted by atomic mass is 9.79. The lowest BCUT2D eigenvalue weighted by molar-refractivity contribution is 0.0646. The Balaban J connectivity index is 1.86. The first kappa shape index (κ1) is 13.2. The fourth-order valence-corrected chi connectivity index (χ4v) is 2.55. The average molecular weight is 250 g/mol. The highest BCUT2D eigenvalue weighted by molar-refractivity contribution is 5.67. The van der Waals surface area contributed by atoms with Crippen LogP contribution in [0.4, 0.5) is 4.79 Å². The molecule has 100 valence electrons. The van der Waals surface area contributed by atoms with Crippen LogP contribution in [-0.2, 0) is 4.74 Å². The van der Waals surface area contributed by atoms with Crippen LogP contribution in [0.15, 0.2) is 0 Å². The molecule has 2 unspecified atom stereocenters. The minimum atomic E-state index is -0.191. The molecule has 1 saturated carbocycles. The van der Waals surface area contributed by atoms with Gasteiger partial charge in [0.05, 0.1) is 18.6 Å². The molecule has 4 nitrogen and oxygen atoms in total. The number of carbonyl (C=O) groups is 1. The van der Waals surface area contributed by atoms with Crippen molar-refractivity contribution in [2.75, 3.05) is 19.7 Å². The highest BCUT2D eigenvalue weighted by atomic mass is 16.6. The number of rotatable bonds is 3. The van der Waals surface area contributed by atoms with Gasteiger partial charge in [0.25, 0.3) is 0 Å². The van der Waals surface area contributed by atoms with E-state index in [1.807, 2.05) is 0 Å². The number of carbonyl (C=O) groups excluding carboxylic acids is 1. The Morgan fingerprint density at radius 2 is 2.17 bits per heavy atom. The average Bonchev–Trinajstić information content (AvgIpc) is 3.19. The highest BCUT2D eigenvalue weighted by Crippen LogP contribution is 2.31. The van der Waals surface area contributed by atoms with Crippen LogP contribution in [0.5, 0.6) is 0 Å². The third-order valence-corrected chi connectivity index (χ3v) is 4.08. The van der Waals surface area contributed by atoms with Gasteiger partial charge in [0.15, 0.2) is 0 Å². The zero-order valence-corrected chi connectivity index (χ0v) is 11.3. The summed E-state index contributed by atoms with van der Waals surface area (Å²) >= 11 is 0. The van der Waals surface area contributed by atoms with Gasteiger partial charge in [0.1, 0.15) is 0 Å². The van der Waals surface area contributed by atoms with E-state index >= 15 is 0 Å². The van der Waals surface area contributed by atoms with E-state index in [1.54, 1.807) is 4.90 Å². The summed E-state index contributed by atoms with van der Waals surface area (Å²) in [5, 5.41) is 9.13. The predicted octanol–water partition coefficient (Wildman–Crippen LogP) is 2.65. The molecule has 2 rings (SSSR count). The summed E-state index contributed by atoms with van der Waals surface area (Å²) < 4.78 is 5.31. The van der Waals surface area contributed by atoms with Gasteiger partial charge in [-0.15, -0.1) is 0 Å². The molecule has 0 spiro atoms. The van der Waals surface area contributed by atoms with Crippen molar-refractivity contribution in [2.24, 2.45) is 23.7 Å². The summed E-state index contributed by atoms with van der Waals surface area (Å²) in [5.74, 6) is 1.38. The Morgan fingerprint density at radius 1 is 1.44 bits per heavy atom. The monoisotopic (exact) mass is 250 g/mol. The van der Waals surface area contributed by atoms with Crippen molar-refractivity contribution in [3.8, 4) is 6.07 Å². The normalized spacial score (nSPS) is 28.0. The molecule has 0 aromatic rings. The Morgan fingerprint density at radius 3 is 2.72 bits per heavy atom. The fourth-order valence-electron chi connectivity index (χ4n) is 2.55. The number of hydrogen-bond donors (Lipinski definition) is 0. The molecule has 4 heteroatoms. The van der Waals surface area contributed by atoms with Gasteiger partial charge >= 0.3 is 6.09 Å². The molecule has 2 aliphatic rings. The Hall–Kier alpha value is -1.24. The molecule has 0 aromatic carbocycles. The van der Waals surface area contributed by atoms with Crippen LogP contribution in [0.1, 0.15) is 33.1 Å². The first-order chi connectivity index (χ1) is 8.61. The number of amides is 1. The molecule has 2 atom stereocenters. The maximum Gasteiger partial charge on any atom is 0.409 e. The Bertz CT molecular complexity index is 344. The first-order valence-corrected chi connectivity index (χ1v) is 6.93. The summed E-state index contributed by atoms with van der Waals surface area (Å²) in [7, 11) is 0. The van der Waals surface area contributed by atoms with E-state index in [1.165, 1.54) is 12.8 Å². The summed E-state index contributed by atoms with van der Waals surface area (Å²) in [6.07, 6.45) is 2.97. The molecule has 1 saturated heterocycles. The maximum absolute atomic E-state index is 11.9. The molecule has 1 heterocycles. The van der Waals surface area contributed by atoms with Gasteiger partial charge in [0.2, 0.25) is 0 Å².